The molecule has 0 fully saturated rings. The van der Waals surface area contributed by atoms with Crippen molar-refractivity contribution in [1.29, 1.82) is 0 Å². The van der Waals surface area contributed by atoms with E-state index >= 15 is 0 Å². The minimum Gasteiger partial charge on any atom is -0.363 e. The van der Waals surface area contributed by atoms with Gasteiger partial charge in [0.2, 0.25) is 5.96 Å². The van der Waals surface area contributed by atoms with Crippen LogP contribution in [0.5, 0.6) is 0 Å². The first-order valence-electron chi connectivity index (χ1n) is 7.74. The van der Waals surface area contributed by atoms with Gasteiger partial charge in [0.15, 0.2) is 5.72 Å². The number of rotatable bonds is 2. The van der Waals surface area contributed by atoms with Crippen LogP contribution in [0, 0.1) is 0 Å². The average Bonchev–Trinajstić information content (AvgIpc) is 3.06. The maximum absolute atomic E-state index is 11.7. The van der Waals surface area contributed by atoms with Crippen LogP contribution < -0.4 is 4.90 Å². The normalized spacial score (nSPS) is 23.1. The zero-order chi connectivity index (χ0) is 15.2. The molecule has 2 aromatic carbocycles. The fraction of sp³-hybridized carbons (Fsp3) is 0.278. The second-order valence-electron chi connectivity index (χ2n) is 5.63. The molecule has 0 spiro atoms. The molecular formula is C18H19N3O. The number of fused-ring (bicyclic) bond motifs is 2. The van der Waals surface area contributed by atoms with Crippen molar-refractivity contribution in [1.82, 2.24) is 4.90 Å². The summed E-state index contributed by atoms with van der Waals surface area (Å²) in [5.41, 5.74) is 1.68. The van der Waals surface area contributed by atoms with E-state index in [0.717, 1.165) is 42.4 Å². The molecule has 0 aromatic heterocycles. The largest absolute Gasteiger partial charge is 0.363 e. The summed E-state index contributed by atoms with van der Waals surface area (Å²) in [5, 5.41) is 11.7. The van der Waals surface area contributed by atoms with Crippen LogP contribution in [0.25, 0.3) is 0 Å². The van der Waals surface area contributed by atoms with E-state index in [0.29, 0.717) is 0 Å². The fourth-order valence-electron chi connectivity index (χ4n) is 3.52. The summed E-state index contributed by atoms with van der Waals surface area (Å²) in [6, 6.07) is 17.9. The van der Waals surface area contributed by atoms with E-state index in [9.17, 15) is 5.11 Å². The first-order valence-corrected chi connectivity index (χ1v) is 7.74. The molecule has 0 radical (unpaired) electrons. The molecule has 0 amide bonds. The lowest BCUT2D eigenvalue weighted by atomic mass is 9.89. The van der Waals surface area contributed by atoms with Crippen LogP contribution in [0.4, 0.5) is 5.69 Å². The first kappa shape index (κ1) is 13.3. The monoisotopic (exact) mass is 293 g/mol. The summed E-state index contributed by atoms with van der Waals surface area (Å²) < 4.78 is 0. The van der Waals surface area contributed by atoms with Crippen LogP contribution in [0.2, 0.25) is 0 Å². The molecule has 2 heterocycles. The lowest BCUT2D eigenvalue weighted by Gasteiger charge is -2.48. The number of benzene rings is 2. The van der Waals surface area contributed by atoms with Gasteiger partial charge < -0.3 is 14.9 Å². The summed E-state index contributed by atoms with van der Waals surface area (Å²) >= 11 is 0. The van der Waals surface area contributed by atoms with Gasteiger partial charge in [-0.1, -0.05) is 48.5 Å². The molecular weight excluding hydrogens is 274 g/mol. The average molecular weight is 293 g/mol. The van der Waals surface area contributed by atoms with Crippen molar-refractivity contribution in [3.63, 3.8) is 0 Å². The minimum absolute atomic E-state index is 0.717. The van der Waals surface area contributed by atoms with Crippen molar-refractivity contribution < 1.29 is 5.11 Å². The van der Waals surface area contributed by atoms with Crippen LogP contribution in [-0.4, -0.2) is 35.6 Å². The van der Waals surface area contributed by atoms with Gasteiger partial charge in [-0.25, -0.2) is 0 Å². The summed E-state index contributed by atoms with van der Waals surface area (Å²) in [5.74, 6) is 0.868. The SMILES string of the molecule is CCN1C2=NCCN2C(O)(c2ccccc2)c2ccccc21. The number of aliphatic imine (C=N–C) groups is 1. The number of hydrogen-bond acceptors (Lipinski definition) is 4. The number of para-hydroxylation sites is 1. The highest BCUT2D eigenvalue weighted by molar-refractivity contribution is 6.01. The number of aliphatic hydroxyl groups is 1. The van der Waals surface area contributed by atoms with E-state index in [4.69, 9.17) is 0 Å². The molecule has 1 atom stereocenters. The summed E-state index contributed by atoms with van der Waals surface area (Å²) in [6.07, 6.45) is 0. The van der Waals surface area contributed by atoms with Gasteiger partial charge in [-0.05, 0) is 13.0 Å². The molecule has 0 bridgehead atoms. The molecule has 22 heavy (non-hydrogen) atoms. The van der Waals surface area contributed by atoms with E-state index in [2.05, 4.69) is 22.9 Å². The van der Waals surface area contributed by atoms with Gasteiger partial charge in [0.1, 0.15) is 0 Å². The molecule has 4 nitrogen and oxygen atoms in total. The Kier molecular flexibility index (Phi) is 2.94. The van der Waals surface area contributed by atoms with Crippen LogP contribution in [0.1, 0.15) is 18.1 Å². The third-order valence-corrected chi connectivity index (χ3v) is 4.51. The van der Waals surface area contributed by atoms with Gasteiger partial charge >= 0.3 is 0 Å². The van der Waals surface area contributed by atoms with Crippen molar-refractivity contribution in [3.8, 4) is 0 Å². The third-order valence-electron chi connectivity index (χ3n) is 4.51. The summed E-state index contributed by atoms with van der Waals surface area (Å²) in [7, 11) is 0. The van der Waals surface area contributed by atoms with Gasteiger partial charge in [0.25, 0.3) is 0 Å². The molecule has 1 N–H and O–H groups in total. The van der Waals surface area contributed by atoms with Crippen molar-refractivity contribution in [2.24, 2.45) is 4.99 Å². The molecule has 2 aromatic rings. The Morgan fingerprint density at radius 2 is 1.82 bits per heavy atom. The lowest BCUT2D eigenvalue weighted by molar-refractivity contribution is -0.0358. The highest BCUT2D eigenvalue weighted by Gasteiger charge is 2.48. The Labute approximate surface area is 130 Å². The second kappa shape index (κ2) is 4.85. The number of hydrogen-bond donors (Lipinski definition) is 1. The predicted octanol–water partition coefficient (Wildman–Crippen LogP) is 2.39. The molecule has 0 saturated heterocycles. The molecule has 4 rings (SSSR count). The summed E-state index contributed by atoms with van der Waals surface area (Å²) in [4.78, 5) is 8.84. The van der Waals surface area contributed by atoms with Crippen molar-refractivity contribution >= 4 is 11.6 Å². The maximum atomic E-state index is 11.7. The van der Waals surface area contributed by atoms with Gasteiger partial charge in [-0.2, -0.15) is 0 Å². The quantitative estimate of drug-likeness (QED) is 0.924. The van der Waals surface area contributed by atoms with E-state index in [-0.39, 0.29) is 0 Å². The highest BCUT2D eigenvalue weighted by Crippen LogP contribution is 2.44. The summed E-state index contributed by atoms with van der Waals surface area (Å²) in [6.45, 7) is 4.39. The Morgan fingerprint density at radius 1 is 1.09 bits per heavy atom. The van der Waals surface area contributed by atoms with E-state index in [1.165, 1.54) is 0 Å². The van der Waals surface area contributed by atoms with E-state index in [1.807, 2.05) is 53.4 Å². The minimum atomic E-state index is -1.15. The molecule has 4 heteroatoms. The van der Waals surface area contributed by atoms with Crippen LogP contribution in [0.15, 0.2) is 59.6 Å². The third kappa shape index (κ3) is 1.64. The molecule has 2 aliphatic heterocycles. The number of anilines is 1. The fourth-order valence-corrected chi connectivity index (χ4v) is 3.52. The number of guanidine groups is 1. The van der Waals surface area contributed by atoms with Gasteiger partial charge in [0.05, 0.1) is 12.2 Å². The topological polar surface area (TPSA) is 39.1 Å². The van der Waals surface area contributed by atoms with Crippen LogP contribution in [0.3, 0.4) is 0 Å². The van der Waals surface area contributed by atoms with Crippen molar-refractivity contribution in [2.45, 2.75) is 12.6 Å². The van der Waals surface area contributed by atoms with Gasteiger partial charge in [0, 0.05) is 24.2 Å². The van der Waals surface area contributed by atoms with Crippen LogP contribution >= 0.6 is 0 Å². The van der Waals surface area contributed by atoms with Crippen molar-refractivity contribution in [3.05, 3.63) is 65.7 Å². The maximum Gasteiger partial charge on any atom is 0.204 e. The second-order valence-corrected chi connectivity index (χ2v) is 5.63. The van der Waals surface area contributed by atoms with Crippen molar-refractivity contribution in [2.75, 3.05) is 24.5 Å². The predicted molar refractivity (Wildman–Crippen MR) is 87.9 cm³/mol. The molecule has 0 saturated carbocycles. The molecule has 0 aliphatic carbocycles. The Morgan fingerprint density at radius 3 is 2.59 bits per heavy atom. The standard InChI is InChI=1S/C18H19N3O/c1-2-20-16-11-7-6-10-15(16)18(22,14-8-4-3-5-9-14)21-13-12-19-17(20)21/h3-11,22H,2,12-13H2,1H3. The Bertz CT molecular complexity index is 728. The van der Waals surface area contributed by atoms with Crippen LogP contribution in [-0.2, 0) is 5.72 Å². The highest BCUT2D eigenvalue weighted by atomic mass is 16.3. The smallest absolute Gasteiger partial charge is 0.204 e. The molecule has 1 unspecified atom stereocenters. The zero-order valence-corrected chi connectivity index (χ0v) is 12.6. The number of nitrogens with zero attached hydrogens (tertiary/aromatic N) is 3. The van der Waals surface area contributed by atoms with E-state index < -0.39 is 5.72 Å². The Hall–Kier alpha value is -2.33. The van der Waals surface area contributed by atoms with Gasteiger partial charge in [-0.15, -0.1) is 0 Å². The lowest BCUT2D eigenvalue weighted by Crippen LogP contribution is -2.58. The van der Waals surface area contributed by atoms with Gasteiger partial charge in [-0.3, -0.25) is 4.99 Å². The Balaban J connectivity index is 2.00. The van der Waals surface area contributed by atoms with E-state index in [1.54, 1.807) is 0 Å². The molecule has 2 aliphatic rings. The molecule has 112 valence electrons. The first-order chi connectivity index (χ1) is 10.8. The zero-order valence-electron chi connectivity index (χ0n) is 12.6.